The van der Waals surface area contributed by atoms with E-state index in [1.54, 1.807) is 25.7 Å². The molecule has 3 aromatic carbocycles. The molecule has 0 aliphatic heterocycles. The molecule has 0 saturated heterocycles. The van der Waals surface area contributed by atoms with Gasteiger partial charge in [-0.15, -0.1) is 0 Å². The molecule has 212 valence electrons. The molecule has 3 aromatic rings. The number of alkyl carbamates (subject to hydrolysis) is 1. The lowest BCUT2D eigenvalue weighted by Gasteiger charge is -2.37. The second-order valence-corrected chi connectivity index (χ2v) is 11.3. The lowest BCUT2D eigenvalue weighted by atomic mass is 9.98. The van der Waals surface area contributed by atoms with Gasteiger partial charge in [0.15, 0.2) is 0 Å². The van der Waals surface area contributed by atoms with Crippen LogP contribution in [-0.4, -0.2) is 40.5 Å². The molecule has 2 atom stereocenters. The molecular weight excluding hydrogens is 502 g/mol. The number of rotatable bonds is 9. The van der Waals surface area contributed by atoms with E-state index in [-0.39, 0.29) is 24.3 Å². The van der Waals surface area contributed by atoms with Crippen LogP contribution >= 0.6 is 0 Å². The number of hydrogen-bond donors (Lipinski definition) is 2. The molecule has 2 unspecified atom stereocenters. The fourth-order valence-electron chi connectivity index (χ4n) is 4.46. The molecule has 0 bridgehead atoms. The Kier molecular flexibility index (Phi) is 10.1. The third-order valence-corrected chi connectivity index (χ3v) is 6.41. The molecule has 0 aliphatic rings. The SMILES string of the molecule is Cc1ccc(C(C(=O)Nc2ccccc2C)N(C(=O)C(Cc2ccccc2)NC(=O)OC(C)(C)C)C(C)C)cc1. The Morgan fingerprint density at radius 1 is 0.850 bits per heavy atom. The fourth-order valence-corrected chi connectivity index (χ4v) is 4.46. The van der Waals surface area contributed by atoms with Crippen LogP contribution < -0.4 is 10.6 Å². The average molecular weight is 544 g/mol. The summed E-state index contributed by atoms with van der Waals surface area (Å²) in [5.41, 5.74) is 3.44. The van der Waals surface area contributed by atoms with Gasteiger partial charge in [-0.05, 0) is 71.2 Å². The van der Waals surface area contributed by atoms with Gasteiger partial charge in [-0.1, -0.05) is 78.4 Å². The van der Waals surface area contributed by atoms with Crippen molar-refractivity contribution in [1.29, 1.82) is 0 Å². The van der Waals surface area contributed by atoms with Crippen LogP contribution in [0.2, 0.25) is 0 Å². The summed E-state index contributed by atoms with van der Waals surface area (Å²) in [6, 6.07) is 22.3. The van der Waals surface area contributed by atoms with Crippen LogP contribution in [0.15, 0.2) is 78.9 Å². The zero-order valence-corrected chi connectivity index (χ0v) is 24.5. The van der Waals surface area contributed by atoms with Gasteiger partial charge in [0.25, 0.3) is 5.91 Å². The predicted octanol–water partition coefficient (Wildman–Crippen LogP) is 6.36. The van der Waals surface area contributed by atoms with Gasteiger partial charge >= 0.3 is 6.09 Å². The van der Waals surface area contributed by atoms with Crippen LogP contribution in [0.1, 0.15) is 62.9 Å². The third kappa shape index (κ3) is 8.43. The van der Waals surface area contributed by atoms with Crippen molar-refractivity contribution in [3.8, 4) is 0 Å². The summed E-state index contributed by atoms with van der Waals surface area (Å²) < 4.78 is 5.49. The lowest BCUT2D eigenvalue weighted by Crippen LogP contribution is -2.55. The largest absolute Gasteiger partial charge is 0.444 e. The van der Waals surface area contributed by atoms with Crippen molar-refractivity contribution in [3.63, 3.8) is 0 Å². The Morgan fingerprint density at radius 2 is 1.45 bits per heavy atom. The highest BCUT2D eigenvalue weighted by atomic mass is 16.6. The van der Waals surface area contributed by atoms with E-state index < -0.39 is 23.8 Å². The molecule has 7 nitrogen and oxygen atoms in total. The van der Waals surface area contributed by atoms with Gasteiger partial charge in [-0.3, -0.25) is 9.59 Å². The number of carbonyl (C=O) groups excluding carboxylic acids is 3. The molecule has 0 aliphatic carbocycles. The summed E-state index contributed by atoms with van der Waals surface area (Å²) in [4.78, 5) is 42.8. The van der Waals surface area contributed by atoms with Gasteiger partial charge in [0.05, 0.1) is 0 Å². The molecule has 3 amide bonds. The summed E-state index contributed by atoms with van der Waals surface area (Å²) in [5.74, 6) is -0.717. The summed E-state index contributed by atoms with van der Waals surface area (Å²) >= 11 is 0. The lowest BCUT2D eigenvalue weighted by molar-refractivity contribution is -0.142. The Balaban J connectivity index is 2.04. The van der Waals surface area contributed by atoms with Gasteiger partial charge in [-0.25, -0.2) is 4.79 Å². The molecular formula is C33H41N3O4. The number of nitrogens with one attached hydrogen (secondary N) is 2. The molecule has 40 heavy (non-hydrogen) atoms. The van der Waals surface area contributed by atoms with Crippen LogP contribution in [0.25, 0.3) is 0 Å². The van der Waals surface area contributed by atoms with Crippen molar-refractivity contribution in [2.45, 2.75) is 78.6 Å². The monoisotopic (exact) mass is 543 g/mol. The number of ether oxygens (including phenoxy) is 1. The Hall–Kier alpha value is -4.13. The topological polar surface area (TPSA) is 87.7 Å². The van der Waals surface area contributed by atoms with E-state index in [0.29, 0.717) is 11.3 Å². The standard InChI is InChI=1S/C33H41N3O4/c1-22(2)36(31(38)28(21-25-14-9-8-10-15-25)35-32(39)40-33(5,6)7)29(26-19-17-23(3)18-20-26)30(37)34-27-16-12-11-13-24(27)4/h8-20,22,28-29H,21H2,1-7H3,(H,34,37)(H,35,39). The van der Waals surface area contributed by atoms with Gasteiger partial charge in [0.2, 0.25) is 5.91 Å². The van der Waals surface area contributed by atoms with E-state index in [1.165, 1.54) is 0 Å². The molecule has 0 aromatic heterocycles. The zero-order chi connectivity index (χ0) is 29.4. The number of benzene rings is 3. The molecule has 0 spiro atoms. The maximum absolute atomic E-state index is 14.4. The van der Waals surface area contributed by atoms with E-state index >= 15 is 0 Å². The Bertz CT molecular complexity index is 1300. The first-order valence-electron chi connectivity index (χ1n) is 13.6. The predicted molar refractivity (Wildman–Crippen MR) is 159 cm³/mol. The highest BCUT2D eigenvalue weighted by Gasteiger charge is 2.38. The molecule has 3 rings (SSSR count). The van der Waals surface area contributed by atoms with Crippen LogP contribution in [0, 0.1) is 13.8 Å². The van der Waals surface area contributed by atoms with Crippen LogP contribution in [0.3, 0.4) is 0 Å². The normalized spacial score (nSPS) is 12.8. The number of anilines is 1. The van der Waals surface area contributed by atoms with E-state index in [9.17, 15) is 14.4 Å². The van der Waals surface area contributed by atoms with Crippen molar-refractivity contribution in [2.24, 2.45) is 0 Å². The minimum atomic E-state index is -0.959. The first kappa shape index (κ1) is 30.4. The summed E-state index contributed by atoms with van der Waals surface area (Å²) in [5, 5.41) is 5.82. The maximum atomic E-state index is 14.4. The Labute approximate surface area is 237 Å². The number of carbonyl (C=O) groups is 3. The first-order chi connectivity index (χ1) is 18.9. The van der Waals surface area contributed by atoms with Crippen LogP contribution in [-0.2, 0) is 20.7 Å². The van der Waals surface area contributed by atoms with Crippen molar-refractivity contribution in [1.82, 2.24) is 10.2 Å². The van der Waals surface area contributed by atoms with E-state index in [2.05, 4.69) is 10.6 Å². The van der Waals surface area contributed by atoms with Gasteiger partial charge < -0.3 is 20.3 Å². The number of hydrogen-bond acceptors (Lipinski definition) is 4. The highest BCUT2D eigenvalue weighted by molar-refractivity contribution is 5.99. The molecule has 2 N–H and O–H groups in total. The maximum Gasteiger partial charge on any atom is 0.408 e. The highest BCUT2D eigenvalue weighted by Crippen LogP contribution is 2.28. The summed E-state index contributed by atoms with van der Waals surface area (Å²) in [6.45, 7) is 12.9. The number of amides is 3. The average Bonchev–Trinajstić information content (AvgIpc) is 2.87. The first-order valence-corrected chi connectivity index (χ1v) is 13.6. The molecule has 0 radical (unpaired) electrons. The smallest absolute Gasteiger partial charge is 0.408 e. The molecule has 0 heterocycles. The zero-order valence-electron chi connectivity index (χ0n) is 24.5. The van der Waals surface area contributed by atoms with Crippen molar-refractivity contribution in [3.05, 3.63) is 101 Å². The number of aryl methyl sites for hydroxylation is 2. The minimum absolute atomic E-state index is 0.238. The number of nitrogens with zero attached hydrogens (tertiary/aromatic N) is 1. The van der Waals surface area contributed by atoms with E-state index in [0.717, 1.165) is 16.7 Å². The van der Waals surface area contributed by atoms with Crippen molar-refractivity contribution < 1.29 is 19.1 Å². The van der Waals surface area contributed by atoms with Gasteiger partial charge in [-0.2, -0.15) is 0 Å². The van der Waals surface area contributed by atoms with Crippen molar-refractivity contribution >= 4 is 23.6 Å². The third-order valence-electron chi connectivity index (χ3n) is 6.41. The molecule has 7 heteroatoms. The summed E-state index contributed by atoms with van der Waals surface area (Å²) in [7, 11) is 0. The minimum Gasteiger partial charge on any atom is -0.444 e. The van der Waals surface area contributed by atoms with Crippen LogP contribution in [0.4, 0.5) is 10.5 Å². The van der Waals surface area contributed by atoms with Crippen LogP contribution in [0.5, 0.6) is 0 Å². The fraction of sp³-hybridized carbons (Fsp3) is 0.364. The molecule has 0 saturated carbocycles. The second-order valence-electron chi connectivity index (χ2n) is 11.3. The quantitative estimate of drug-likeness (QED) is 0.329. The van der Waals surface area contributed by atoms with Gasteiger partial charge in [0.1, 0.15) is 17.7 Å². The number of para-hydroxylation sites is 1. The van der Waals surface area contributed by atoms with E-state index in [4.69, 9.17) is 4.74 Å². The van der Waals surface area contributed by atoms with Gasteiger partial charge in [0, 0.05) is 18.2 Å². The summed E-state index contributed by atoms with van der Waals surface area (Å²) in [6.07, 6.45) is -0.455. The second kappa shape index (κ2) is 13.3. The Morgan fingerprint density at radius 3 is 2.02 bits per heavy atom. The van der Waals surface area contributed by atoms with Crippen molar-refractivity contribution in [2.75, 3.05) is 5.32 Å². The molecule has 0 fully saturated rings. The van der Waals surface area contributed by atoms with E-state index in [1.807, 2.05) is 107 Å².